The highest BCUT2D eigenvalue weighted by atomic mass is 16.1. The monoisotopic (exact) mass is 330 g/mol. The number of nitrogens with one attached hydrogen (secondary N) is 2. The van der Waals surface area contributed by atoms with Gasteiger partial charge in [0, 0.05) is 11.7 Å². The van der Waals surface area contributed by atoms with Crippen molar-refractivity contribution in [1.82, 2.24) is 5.32 Å². The fourth-order valence-corrected chi connectivity index (χ4v) is 3.44. The molecule has 0 saturated carbocycles. The number of piperidine rings is 1. The fraction of sp³-hybridized carbons (Fsp3) is 0.667. The Kier molecular flexibility index (Phi) is 5.74. The fourth-order valence-electron chi connectivity index (χ4n) is 3.44. The molecule has 2 atom stereocenters. The van der Waals surface area contributed by atoms with Crippen molar-refractivity contribution in [2.45, 2.75) is 72.3 Å². The van der Waals surface area contributed by atoms with E-state index < -0.39 is 0 Å². The van der Waals surface area contributed by atoms with Crippen molar-refractivity contribution in [3.05, 3.63) is 29.8 Å². The molecule has 134 valence electrons. The Morgan fingerprint density at radius 1 is 1.21 bits per heavy atom. The third-order valence-corrected chi connectivity index (χ3v) is 4.75. The van der Waals surface area contributed by atoms with Gasteiger partial charge in [0.25, 0.3) is 0 Å². The lowest BCUT2D eigenvalue weighted by atomic mass is 9.79. The molecule has 0 aromatic heterocycles. The molecule has 2 N–H and O–H groups in total. The molecule has 1 aliphatic rings. The number of hydrogen-bond donors (Lipinski definition) is 2. The van der Waals surface area contributed by atoms with Crippen LogP contribution in [0, 0.1) is 11.3 Å². The molecule has 1 aromatic rings. The van der Waals surface area contributed by atoms with E-state index in [0.29, 0.717) is 0 Å². The first kappa shape index (κ1) is 19.0. The van der Waals surface area contributed by atoms with E-state index in [2.05, 4.69) is 64.3 Å². The molecule has 0 aliphatic carbocycles. The lowest BCUT2D eigenvalue weighted by Crippen LogP contribution is -2.48. The SMILES string of the molecule is CC(C)(C)CC1NCCC[C@@H]1C(=O)Nc1cccc(C(C)(C)C)c1. The van der Waals surface area contributed by atoms with Gasteiger partial charge in [-0.1, -0.05) is 53.7 Å². The molecular formula is C21H34N2O. The summed E-state index contributed by atoms with van der Waals surface area (Å²) >= 11 is 0. The quantitative estimate of drug-likeness (QED) is 0.841. The van der Waals surface area contributed by atoms with Crippen LogP contribution in [0.2, 0.25) is 0 Å². The van der Waals surface area contributed by atoms with Crippen LogP contribution in [-0.2, 0) is 10.2 Å². The molecule has 1 saturated heterocycles. The van der Waals surface area contributed by atoms with Gasteiger partial charge >= 0.3 is 0 Å². The number of benzene rings is 1. The number of carbonyl (C=O) groups is 1. The molecular weight excluding hydrogens is 296 g/mol. The van der Waals surface area contributed by atoms with Crippen molar-refractivity contribution < 1.29 is 4.79 Å². The van der Waals surface area contributed by atoms with Gasteiger partial charge in [-0.2, -0.15) is 0 Å². The molecule has 0 bridgehead atoms. The summed E-state index contributed by atoms with van der Waals surface area (Å²) in [7, 11) is 0. The van der Waals surface area contributed by atoms with Gasteiger partial charge in [0.1, 0.15) is 0 Å². The van der Waals surface area contributed by atoms with Crippen molar-refractivity contribution in [2.24, 2.45) is 11.3 Å². The van der Waals surface area contributed by atoms with Crippen molar-refractivity contribution in [2.75, 3.05) is 11.9 Å². The number of rotatable bonds is 3. The lowest BCUT2D eigenvalue weighted by molar-refractivity contribution is -0.121. The topological polar surface area (TPSA) is 41.1 Å². The zero-order chi connectivity index (χ0) is 18.0. The van der Waals surface area contributed by atoms with Gasteiger partial charge in [-0.3, -0.25) is 4.79 Å². The number of carbonyl (C=O) groups excluding carboxylic acids is 1. The summed E-state index contributed by atoms with van der Waals surface area (Å²) in [5.41, 5.74) is 2.46. The summed E-state index contributed by atoms with van der Waals surface area (Å²) in [6.45, 7) is 14.3. The van der Waals surface area contributed by atoms with Crippen LogP contribution in [0.15, 0.2) is 24.3 Å². The van der Waals surface area contributed by atoms with Gasteiger partial charge in [-0.05, 0) is 54.3 Å². The van der Waals surface area contributed by atoms with E-state index in [-0.39, 0.29) is 28.7 Å². The van der Waals surface area contributed by atoms with E-state index in [1.807, 2.05) is 12.1 Å². The van der Waals surface area contributed by atoms with E-state index >= 15 is 0 Å². The minimum absolute atomic E-state index is 0.0521. The maximum absolute atomic E-state index is 12.9. The van der Waals surface area contributed by atoms with Crippen LogP contribution >= 0.6 is 0 Å². The van der Waals surface area contributed by atoms with Gasteiger partial charge in [0.05, 0.1) is 5.92 Å². The van der Waals surface area contributed by atoms with Crippen molar-refractivity contribution in [3.8, 4) is 0 Å². The first-order valence-electron chi connectivity index (χ1n) is 9.21. The van der Waals surface area contributed by atoms with E-state index in [1.165, 1.54) is 5.56 Å². The number of hydrogen-bond acceptors (Lipinski definition) is 2. The smallest absolute Gasteiger partial charge is 0.229 e. The first-order chi connectivity index (χ1) is 11.1. The molecule has 0 spiro atoms. The summed E-state index contributed by atoms with van der Waals surface area (Å²) in [6, 6.07) is 8.52. The Hall–Kier alpha value is -1.35. The molecule has 1 fully saturated rings. The maximum atomic E-state index is 12.9. The molecule has 1 aromatic carbocycles. The molecule has 3 nitrogen and oxygen atoms in total. The molecule has 1 aliphatic heterocycles. The van der Waals surface area contributed by atoms with Crippen LogP contribution in [0.25, 0.3) is 0 Å². The lowest BCUT2D eigenvalue weighted by Gasteiger charge is -2.35. The van der Waals surface area contributed by atoms with Crippen LogP contribution < -0.4 is 10.6 Å². The highest BCUT2D eigenvalue weighted by Crippen LogP contribution is 2.30. The molecule has 1 amide bonds. The zero-order valence-corrected chi connectivity index (χ0v) is 16.2. The van der Waals surface area contributed by atoms with Gasteiger partial charge in [0.15, 0.2) is 0 Å². The molecule has 1 heterocycles. The third kappa shape index (κ3) is 5.34. The van der Waals surface area contributed by atoms with Crippen LogP contribution in [0.1, 0.15) is 66.4 Å². The summed E-state index contributed by atoms with van der Waals surface area (Å²) in [6.07, 6.45) is 3.06. The van der Waals surface area contributed by atoms with Crippen molar-refractivity contribution in [3.63, 3.8) is 0 Å². The second-order valence-electron chi connectivity index (χ2n) is 9.39. The normalized spacial score (nSPS) is 22.2. The van der Waals surface area contributed by atoms with E-state index in [1.54, 1.807) is 0 Å². The second kappa shape index (κ2) is 7.26. The minimum atomic E-state index is 0.0521. The largest absolute Gasteiger partial charge is 0.326 e. The molecule has 24 heavy (non-hydrogen) atoms. The van der Waals surface area contributed by atoms with Crippen LogP contribution in [0.3, 0.4) is 0 Å². The Morgan fingerprint density at radius 3 is 2.54 bits per heavy atom. The number of amides is 1. The van der Waals surface area contributed by atoms with Crippen molar-refractivity contribution >= 4 is 11.6 Å². The average Bonchev–Trinajstić information content (AvgIpc) is 2.45. The summed E-state index contributed by atoms with van der Waals surface area (Å²) < 4.78 is 0. The maximum Gasteiger partial charge on any atom is 0.229 e. The Balaban J connectivity index is 2.10. The Bertz CT molecular complexity index is 566. The minimum Gasteiger partial charge on any atom is -0.326 e. The van der Waals surface area contributed by atoms with E-state index in [0.717, 1.165) is 31.5 Å². The second-order valence-corrected chi connectivity index (χ2v) is 9.39. The predicted octanol–water partition coefficient (Wildman–Crippen LogP) is 4.73. The third-order valence-electron chi connectivity index (χ3n) is 4.75. The van der Waals surface area contributed by atoms with Gasteiger partial charge < -0.3 is 10.6 Å². The molecule has 0 radical (unpaired) electrons. The van der Waals surface area contributed by atoms with Gasteiger partial charge in [-0.15, -0.1) is 0 Å². The highest BCUT2D eigenvalue weighted by Gasteiger charge is 2.33. The summed E-state index contributed by atoms with van der Waals surface area (Å²) in [5.74, 6) is 0.207. The first-order valence-corrected chi connectivity index (χ1v) is 9.21. The molecule has 3 heteroatoms. The predicted molar refractivity (Wildman–Crippen MR) is 102 cm³/mol. The van der Waals surface area contributed by atoms with Crippen LogP contribution in [0.5, 0.6) is 0 Å². The van der Waals surface area contributed by atoms with Gasteiger partial charge in [0.2, 0.25) is 5.91 Å². The highest BCUT2D eigenvalue weighted by molar-refractivity contribution is 5.93. The van der Waals surface area contributed by atoms with Crippen LogP contribution in [0.4, 0.5) is 5.69 Å². The molecule has 2 rings (SSSR count). The Morgan fingerprint density at radius 2 is 1.92 bits per heavy atom. The van der Waals surface area contributed by atoms with E-state index in [4.69, 9.17) is 0 Å². The van der Waals surface area contributed by atoms with Gasteiger partial charge in [-0.25, -0.2) is 0 Å². The zero-order valence-electron chi connectivity index (χ0n) is 16.2. The Labute approximate surface area is 147 Å². The average molecular weight is 331 g/mol. The standard InChI is InChI=1S/C21H34N2O/c1-20(2,3)14-18-17(11-8-12-22-18)19(24)23-16-10-7-9-15(13-16)21(4,5)6/h7,9-10,13,17-18,22H,8,11-12,14H2,1-6H3,(H,23,24)/t17-,18?/m0/s1. The van der Waals surface area contributed by atoms with Crippen molar-refractivity contribution in [1.29, 1.82) is 0 Å². The van der Waals surface area contributed by atoms with E-state index in [9.17, 15) is 4.79 Å². The molecule has 1 unspecified atom stereocenters. The summed E-state index contributed by atoms with van der Waals surface area (Å²) in [5, 5.41) is 6.73. The van der Waals surface area contributed by atoms with Crippen LogP contribution in [-0.4, -0.2) is 18.5 Å². The number of anilines is 1. The summed E-state index contributed by atoms with van der Waals surface area (Å²) in [4.78, 5) is 12.9.